The van der Waals surface area contributed by atoms with Crippen molar-refractivity contribution in [1.82, 2.24) is 9.97 Å². The van der Waals surface area contributed by atoms with Gasteiger partial charge in [0, 0.05) is 6.20 Å². The molecule has 1 heterocycles. The third kappa shape index (κ3) is 1.58. The Balaban J connectivity index is 3.20. The molecule has 4 nitrogen and oxygen atoms in total. The van der Waals surface area contributed by atoms with Crippen LogP contribution in [0.5, 0.6) is 5.88 Å². The van der Waals surface area contributed by atoms with Gasteiger partial charge in [-0.15, -0.1) is 0 Å². The number of hydrogen-bond acceptors (Lipinski definition) is 4. The van der Waals surface area contributed by atoms with E-state index in [1.54, 1.807) is 6.92 Å². The monoisotopic (exact) mass is 166 g/mol. The van der Waals surface area contributed by atoms with Crippen LogP contribution in [-0.2, 0) is 0 Å². The van der Waals surface area contributed by atoms with E-state index in [1.807, 2.05) is 0 Å². The standard InChI is InChI=1S/C8H10N2O2/c1-5(11)7-4-9-6(2)10-8(7)12-3/h4H,1-3H3. The maximum absolute atomic E-state index is 11.0. The molecule has 1 rings (SSSR count). The Bertz CT molecular complexity index is 310. The highest BCUT2D eigenvalue weighted by molar-refractivity contribution is 5.95. The van der Waals surface area contributed by atoms with E-state index in [0.29, 0.717) is 17.3 Å². The number of methoxy groups -OCH3 is 1. The number of rotatable bonds is 2. The molecule has 0 aromatic carbocycles. The van der Waals surface area contributed by atoms with Crippen molar-refractivity contribution in [3.05, 3.63) is 17.6 Å². The number of carbonyl (C=O) groups is 1. The van der Waals surface area contributed by atoms with Crippen LogP contribution in [0.1, 0.15) is 23.1 Å². The molecule has 4 heteroatoms. The summed E-state index contributed by atoms with van der Waals surface area (Å²) in [6.45, 7) is 3.20. The molecular formula is C8H10N2O2. The summed E-state index contributed by atoms with van der Waals surface area (Å²) >= 11 is 0. The van der Waals surface area contributed by atoms with Crippen molar-refractivity contribution in [3.63, 3.8) is 0 Å². The van der Waals surface area contributed by atoms with Gasteiger partial charge >= 0.3 is 0 Å². The first-order valence-electron chi connectivity index (χ1n) is 3.53. The fraction of sp³-hybridized carbons (Fsp3) is 0.375. The second-order valence-corrected chi connectivity index (χ2v) is 2.40. The zero-order valence-corrected chi connectivity index (χ0v) is 7.29. The van der Waals surface area contributed by atoms with Crippen LogP contribution >= 0.6 is 0 Å². The first kappa shape index (κ1) is 8.64. The maximum atomic E-state index is 11.0. The highest BCUT2D eigenvalue weighted by atomic mass is 16.5. The van der Waals surface area contributed by atoms with Crippen molar-refractivity contribution in [3.8, 4) is 5.88 Å². The topological polar surface area (TPSA) is 52.1 Å². The summed E-state index contributed by atoms with van der Waals surface area (Å²) in [5.74, 6) is 0.846. The fourth-order valence-electron chi connectivity index (χ4n) is 0.846. The molecule has 1 aromatic rings. The number of ether oxygens (including phenoxy) is 1. The van der Waals surface area contributed by atoms with Crippen LogP contribution in [-0.4, -0.2) is 22.9 Å². The van der Waals surface area contributed by atoms with Gasteiger partial charge in [-0.05, 0) is 13.8 Å². The van der Waals surface area contributed by atoms with Gasteiger partial charge in [0.1, 0.15) is 5.82 Å². The molecule has 0 bridgehead atoms. The number of ketones is 1. The van der Waals surface area contributed by atoms with Gasteiger partial charge < -0.3 is 4.74 Å². The highest BCUT2D eigenvalue weighted by Gasteiger charge is 2.09. The van der Waals surface area contributed by atoms with Gasteiger partial charge in [-0.3, -0.25) is 4.79 Å². The quantitative estimate of drug-likeness (QED) is 0.615. The van der Waals surface area contributed by atoms with Crippen LogP contribution in [0, 0.1) is 6.92 Å². The Labute approximate surface area is 70.6 Å². The van der Waals surface area contributed by atoms with Gasteiger partial charge in [0.25, 0.3) is 0 Å². The molecule has 0 aliphatic carbocycles. The van der Waals surface area contributed by atoms with Crippen LogP contribution < -0.4 is 4.74 Å². The van der Waals surface area contributed by atoms with Crippen molar-refractivity contribution in [1.29, 1.82) is 0 Å². The summed E-state index contributed by atoms with van der Waals surface area (Å²) in [5.41, 5.74) is 0.420. The van der Waals surface area contributed by atoms with E-state index in [4.69, 9.17) is 4.74 Å². The van der Waals surface area contributed by atoms with Gasteiger partial charge in [0.2, 0.25) is 5.88 Å². The summed E-state index contributed by atoms with van der Waals surface area (Å²) in [6.07, 6.45) is 1.48. The summed E-state index contributed by atoms with van der Waals surface area (Å²) in [6, 6.07) is 0. The van der Waals surface area contributed by atoms with Crippen molar-refractivity contribution in [2.75, 3.05) is 7.11 Å². The van der Waals surface area contributed by atoms with Crippen LogP contribution in [0.15, 0.2) is 6.20 Å². The predicted molar refractivity (Wildman–Crippen MR) is 43.3 cm³/mol. The third-order valence-corrected chi connectivity index (χ3v) is 1.45. The van der Waals surface area contributed by atoms with Crippen molar-refractivity contribution in [2.45, 2.75) is 13.8 Å². The lowest BCUT2D eigenvalue weighted by atomic mass is 10.2. The Kier molecular flexibility index (Phi) is 2.38. The molecular weight excluding hydrogens is 156 g/mol. The lowest BCUT2D eigenvalue weighted by molar-refractivity contribution is 0.101. The normalized spacial score (nSPS) is 9.58. The van der Waals surface area contributed by atoms with Crippen molar-refractivity contribution < 1.29 is 9.53 Å². The minimum atomic E-state index is -0.0909. The second kappa shape index (κ2) is 3.30. The molecule has 0 fully saturated rings. The van der Waals surface area contributed by atoms with E-state index in [9.17, 15) is 4.79 Å². The fourth-order valence-corrected chi connectivity index (χ4v) is 0.846. The van der Waals surface area contributed by atoms with Gasteiger partial charge in [-0.2, -0.15) is 4.98 Å². The van der Waals surface area contributed by atoms with Crippen LogP contribution in [0.3, 0.4) is 0 Å². The third-order valence-electron chi connectivity index (χ3n) is 1.45. The second-order valence-electron chi connectivity index (χ2n) is 2.40. The lowest BCUT2D eigenvalue weighted by Crippen LogP contribution is -2.02. The number of Topliss-reactive ketones (excluding diaryl/α,β-unsaturated/α-hetero) is 1. The molecule has 0 amide bonds. The van der Waals surface area contributed by atoms with Gasteiger partial charge in [0.15, 0.2) is 5.78 Å². The largest absolute Gasteiger partial charge is 0.480 e. The minimum Gasteiger partial charge on any atom is -0.480 e. The van der Waals surface area contributed by atoms with E-state index >= 15 is 0 Å². The molecule has 64 valence electrons. The van der Waals surface area contributed by atoms with E-state index < -0.39 is 0 Å². The molecule has 0 unspecified atom stereocenters. The van der Waals surface area contributed by atoms with Crippen LogP contribution in [0.4, 0.5) is 0 Å². The first-order chi connectivity index (χ1) is 5.65. The number of hydrogen-bond donors (Lipinski definition) is 0. The smallest absolute Gasteiger partial charge is 0.227 e. The molecule has 0 saturated heterocycles. The van der Waals surface area contributed by atoms with E-state index in [-0.39, 0.29) is 5.78 Å². The van der Waals surface area contributed by atoms with Gasteiger partial charge in [0.05, 0.1) is 12.7 Å². The Morgan fingerprint density at radius 2 is 2.25 bits per heavy atom. The maximum Gasteiger partial charge on any atom is 0.227 e. The summed E-state index contributed by atoms with van der Waals surface area (Å²) in [7, 11) is 1.48. The molecule has 0 radical (unpaired) electrons. The number of aryl methyl sites for hydroxylation is 1. The van der Waals surface area contributed by atoms with Gasteiger partial charge in [-0.1, -0.05) is 0 Å². The molecule has 0 N–H and O–H groups in total. The zero-order valence-electron chi connectivity index (χ0n) is 7.29. The highest BCUT2D eigenvalue weighted by Crippen LogP contribution is 2.13. The Morgan fingerprint density at radius 3 is 2.75 bits per heavy atom. The average Bonchev–Trinajstić information content (AvgIpc) is 2.03. The number of nitrogens with zero attached hydrogens (tertiary/aromatic N) is 2. The van der Waals surface area contributed by atoms with Crippen molar-refractivity contribution in [2.24, 2.45) is 0 Å². The number of aromatic nitrogens is 2. The predicted octanol–water partition coefficient (Wildman–Crippen LogP) is 0.996. The average molecular weight is 166 g/mol. The minimum absolute atomic E-state index is 0.0909. The zero-order chi connectivity index (χ0) is 9.14. The molecule has 0 aliphatic rings. The van der Waals surface area contributed by atoms with Crippen molar-refractivity contribution >= 4 is 5.78 Å². The molecule has 0 aliphatic heterocycles. The number of carbonyl (C=O) groups excluding carboxylic acids is 1. The van der Waals surface area contributed by atoms with E-state index in [1.165, 1.54) is 20.2 Å². The van der Waals surface area contributed by atoms with Crippen LogP contribution in [0.2, 0.25) is 0 Å². The molecule has 0 atom stereocenters. The summed E-state index contributed by atoms with van der Waals surface area (Å²) in [4.78, 5) is 18.8. The molecule has 0 saturated carbocycles. The van der Waals surface area contributed by atoms with Crippen LogP contribution in [0.25, 0.3) is 0 Å². The molecule has 12 heavy (non-hydrogen) atoms. The lowest BCUT2D eigenvalue weighted by Gasteiger charge is -2.03. The molecule has 1 aromatic heterocycles. The van der Waals surface area contributed by atoms with E-state index in [0.717, 1.165) is 0 Å². The Hall–Kier alpha value is -1.45. The van der Waals surface area contributed by atoms with E-state index in [2.05, 4.69) is 9.97 Å². The SMILES string of the molecule is COc1nc(C)ncc1C(C)=O. The summed E-state index contributed by atoms with van der Waals surface area (Å²) < 4.78 is 4.92. The summed E-state index contributed by atoms with van der Waals surface area (Å²) in [5, 5.41) is 0. The molecule has 0 spiro atoms. The first-order valence-corrected chi connectivity index (χ1v) is 3.53. The Morgan fingerprint density at radius 1 is 1.58 bits per heavy atom. The van der Waals surface area contributed by atoms with Gasteiger partial charge in [-0.25, -0.2) is 4.98 Å².